The summed E-state index contributed by atoms with van der Waals surface area (Å²) in [5, 5.41) is 11.9. The first-order valence-electron chi connectivity index (χ1n) is 13.2. The molecule has 3 heterocycles. The Morgan fingerprint density at radius 3 is 2.53 bits per heavy atom. The highest BCUT2D eigenvalue weighted by molar-refractivity contribution is 7.07. The molecule has 0 radical (unpaired) electrons. The van der Waals surface area contributed by atoms with Crippen LogP contribution in [0.5, 0.6) is 0 Å². The molecular formula is C27H34N4O6S. The van der Waals surface area contributed by atoms with Crippen molar-refractivity contribution in [3.05, 3.63) is 53.4 Å². The Labute approximate surface area is 225 Å². The van der Waals surface area contributed by atoms with E-state index < -0.39 is 16.5 Å². The van der Waals surface area contributed by atoms with E-state index in [4.69, 9.17) is 4.74 Å². The minimum Gasteiger partial charge on any atom is -0.463 e. The smallest absolute Gasteiger partial charge is 0.333 e. The van der Waals surface area contributed by atoms with E-state index in [-0.39, 0.29) is 29.3 Å². The van der Waals surface area contributed by atoms with E-state index in [0.717, 1.165) is 56.5 Å². The number of carbonyl (C=O) groups excluding carboxylic acids is 2. The molecule has 2 fully saturated rings. The summed E-state index contributed by atoms with van der Waals surface area (Å²) in [6.45, 7) is 6.67. The number of likely N-dealkylation sites (tertiary alicyclic amines) is 1. The second-order valence-electron chi connectivity index (χ2n) is 9.85. The highest BCUT2D eigenvalue weighted by atomic mass is 32.1. The molecule has 204 valence electrons. The zero-order valence-electron chi connectivity index (χ0n) is 21.9. The average molecular weight is 543 g/mol. The summed E-state index contributed by atoms with van der Waals surface area (Å²) in [6.07, 6.45) is 7.73. The number of benzene rings is 1. The highest BCUT2D eigenvalue weighted by Gasteiger charge is 2.23. The number of piperidine rings is 2. The topological polar surface area (TPSA) is 115 Å². The van der Waals surface area contributed by atoms with Gasteiger partial charge in [-0.25, -0.2) is 4.79 Å². The first-order valence-corrected chi connectivity index (χ1v) is 14.0. The summed E-state index contributed by atoms with van der Waals surface area (Å²) in [5.41, 5.74) is 0.646. The van der Waals surface area contributed by atoms with Gasteiger partial charge in [-0.3, -0.25) is 24.3 Å². The Morgan fingerprint density at radius 2 is 1.87 bits per heavy atom. The van der Waals surface area contributed by atoms with Crippen LogP contribution in [0.3, 0.4) is 0 Å². The lowest BCUT2D eigenvalue weighted by atomic mass is 9.99. The van der Waals surface area contributed by atoms with E-state index in [9.17, 15) is 24.5 Å². The third-order valence-corrected chi connectivity index (χ3v) is 8.14. The van der Waals surface area contributed by atoms with Crippen LogP contribution in [0.1, 0.15) is 51.5 Å². The molecule has 0 N–H and O–H groups in total. The van der Waals surface area contributed by atoms with Gasteiger partial charge in [0.25, 0.3) is 11.2 Å². The van der Waals surface area contributed by atoms with Crippen molar-refractivity contribution in [2.45, 2.75) is 52.5 Å². The van der Waals surface area contributed by atoms with Gasteiger partial charge >= 0.3 is 5.97 Å². The SMILES string of the molecule is CCOC(=O)C=c1sc(=Cc2ccc(N3CCCCC3)c([N+](=O)[O-])c2)c(=O)n1CC(=O)N1CCC(C)CC1. The minimum absolute atomic E-state index is 0.00894. The van der Waals surface area contributed by atoms with Crippen LogP contribution >= 0.6 is 11.3 Å². The van der Waals surface area contributed by atoms with Gasteiger partial charge in [-0.05, 0) is 62.7 Å². The first-order chi connectivity index (χ1) is 18.3. The summed E-state index contributed by atoms with van der Waals surface area (Å²) < 4.78 is 6.90. The lowest BCUT2D eigenvalue weighted by Crippen LogP contribution is -2.43. The molecule has 2 aliphatic rings. The van der Waals surface area contributed by atoms with E-state index in [1.54, 1.807) is 30.0 Å². The van der Waals surface area contributed by atoms with Gasteiger partial charge < -0.3 is 14.5 Å². The molecule has 1 amide bonds. The van der Waals surface area contributed by atoms with E-state index in [1.807, 2.05) is 4.90 Å². The van der Waals surface area contributed by atoms with Crippen LogP contribution in [0.25, 0.3) is 12.2 Å². The molecule has 0 unspecified atom stereocenters. The maximum absolute atomic E-state index is 13.4. The van der Waals surface area contributed by atoms with Crippen molar-refractivity contribution in [1.82, 2.24) is 9.47 Å². The fourth-order valence-electron chi connectivity index (χ4n) is 4.90. The van der Waals surface area contributed by atoms with Crippen LogP contribution in [-0.4, -0.2) is 59.1 Å². The van der Waals surface area contributed by atoms with Gasteiger partial charge in [-0.2, -0.15) is 0 Å². The lowest BCUT2D eigenvalue weighted by Gasteiger charge is -2.30. The quantitative estimate of drug-likeness (QED) is 0.299. The van der Waals surface area contributed by atoms with Crippen LogP contribution < -0.4 is 19.7 Å². The van der Waals surface area contributed by atoms with Gasteiger partial charge in [0.2, 0.25) is 5.91 Å². The molecule has 2 saturated heterocycles. The highest BCUT2D eigenvalue weighted by Crippen LogP contribution is 2.31. The average Bonchev–Trinajstić information content (AvgIpc) is 3.18. The van der Waals surface area contributed by atoms with Crippen LogP contribution in [-0.2, 0) is 20.9 Å². The Morgan fingerprint density at radius 1 is 1.16 bits per heavy atom. The summed E-state index contributed by atoms with van der Waals surface area (Å²) in [5.74, 6) is -0.222. The number of anilines is 1. The summed E-state index contributed by atoms with van der Waals surface area (Å²) >= 11 is 1.06. The molecule has 2 aromatic rings. The summed E-state index contributed by atoms with van der Waals surface area (Å²) in [4.78, 5) is 53.9. The predicted molar refractivity (Wildman–Crippen MR) is 147 cm³/mol. The molecule has 1 aromatic carbocycles. The number of hydrogen-bond acceptors (Lipinski definition) is 8. The van der Waals surface area contributed by atoms with Crippen molar-refractivity contribution < 1.29 is 19.2 Å². The Balaban J connectivity index is 1.71. The third-order valence-electron chi connectivity index (χ3n) is 7.08. The van der Waals surface area contributed by atoms with Crippen LogP contribution in [0.15, 0.2) is 23.0 Å². The number of amides is 1. The van der Waals surface area contributed by atoms with Crippen LogP contribution in [0, 0.1) is 16.0 Å². The number of esters is 1. The number of rotatable bonds is 7. The number of thiazole rings is 1. The monoisotopic (exact) mass is 542 g/mol. The fourth-order valence-corrected chi connectivity index (χ4v) is 5.93. The molecule has 38 heavy (non-hydrogen) atoms. The second kappa shape index (κ2) is 12.4. The molecular weight excluding hydrogens is 508 g/mol. The zero-order chi connectivity index (χ0) is 27.2. The lowest BCUT2D eigenvalue weighted by molar-refractivity contribution is -0.384. The molecule has 0 bridgehead atoms. The van der Waals surface area contributed by atoms with Crippen LogP contribution in [0.4, 0.5) is 11.4 Å². The van der Waals surface area contributed by atoms with Crippen molar-refractivity contribution in [2.24, 2.45) is 5.92 Å². The fraction of sp³-hybridized carbons (Fsp3) is 0.519. The predicted octanol–water partition coefficient (Wildman–Crippen LogP) is 2.24. The van der Waals surface area contributed by atoms with Crippen molar-refractivity contribution in [3.8, 4) is 0 Å². The summed E-state index contributed by atoms with van der Waals surface area (Å²) in [6, 6.07) is 4.96. The molecule has 10 nitrogen and oxygen atoms in total. The number of hydrogen-bond donors (Lipinski definition) is 0. The van der Waals surface area contributed by atoms with Gasteiger partial charge in [0.1, 0.15) is 16.9 Å². The van der Waals surface area contributed by atoms with Crippen molar-refractivity contribution in [3.63, 3.8) is 0 Å². The van der Waals surface area contributed by atoms with Crippen molar-refractivity contribution >= 4 is 46.7 Å². The number of carbonyl (C=O) groups is 2. The van der Waals surface area contributed by atoms with E-state index >= 15 is 0 Å². The van der Waals surface area contributed by atoms with E-state index in [2.05, 4.69) is 6.92 Å². The Bertz CT molecular complexity index is 1370. The molecule has 2 aliphatic heterocycles. The number of nitrogens with zero attached hydrogens (tertiary/aromatic N) is 4. The number of aromatic nitrogens is 1. The van der Waals surface area contributed by atoms with E-state index in [1.165, 1.54) is 16.7 Å². The molecule has 11 heteroatoms. The largest absolute Gasteiger partial charge is 0.463 e. The Kier molecular flexibility index (Phi) is 8.98. The number of ether oxygens (including phenoxy) is 1. The summed E-state index contributed by atoms with van der Waals surface area (Å²) in [7, 11) is 0. The Hall–Kier alpha value is -3.47. The molecule has 1 aromatic heterocycles. The number of nitro benzene ring substituents is 1. The normalized spacial score (nSPS) is 17.6. The first kappa shape index (κ1) is 27.6. The molecule has 0 saturated carbocycles. The molecule has 0 atom stereocenters. The van der Waals surface area contributed by atoms with Gasteiger partial charge in [-0.1, -0.05) is 13.0 Å². The molecule has 0 aliphatic carbocycles. The standard InChI is InChI=1S/C27H34N4O6S/c1-3-37-26(33)17-25-30(18-24(32)29-13-9-19(2)10-14-29)27(34)23(38-25)16-20-7-8-21(22(15-20)31(35)36)28-11-5-4-6-12-28/h7-8,15-17,19H,3-6,9-14,18H2,1-2H3. The molecule has 4 rings (SSSR count). The second-order valence-corrected chi connectivity index (χ2v) is 10.9. The van der Waals surface area contributed by atoms with Gasteiger partial charge in [0.15, 0.2) is 0 Å². The maximum atomic E-state index is 13.4. The minimum atomic E-state index is -0.602. The number of nitro groups is 1. The van der Waals surface area contributed by atoms with Gasteiger partial charge in [0, 0.05) is 32.2 Å². The molecule has 0 spiro atoms. The maximum Gasteiger partial charge on any atom is 0.333 e. The van der Waals surface area contributed by atoms with Gasteiger partial charge in [0.05, 0.1) is 22.1 Å². The van der Waals surface area contributed by atoms with Crippen molar-refractivity contribution in [1.29, 1.82) is 0 Å². The van der Waals surface area contributed by atoms with Gasteiger partial charge in [-0.15, -0.1) is 11.3 Å². The third kappa shape index (κ3) is 6.50. The zero-order valence-corrected chi connectivity index (χ0v) is 22.7. The van der Waals surface area contributed by atoms with E-state index in [0.29, 0.717) is 34.9 Å². The van der Waals surface area contributed by atoms with Crippen molar-refractivity contribution in [2.75, 3.05) is 37.7 Å². The van der Waals surface area contributed by atoms with Crippen LogP contribution in [0.2, 0.25) is 0 Å².